The van der Waals surface area contributed by atoms with Gasteiger partial charge in [-0.3, -0.25) is 4.79 Å². The molecule has 0 aliphatic carbocycles. The van der Waals surface area contributed by atoms with Crippen LogP contribution >= 0.6 is 0 Å². The highest BCUT2D eigenvalue weighted by atomic mass is 16.3. The van der Waals surface area contributed by atoms with Gasteiger partial charge in [0.2, 0.25) is 0 Å². The molecule has 4 nitrogen and oxygen atoms in total. The number of aromatic hydroxyl groups is 2. The summed E-state index contributed by atoms with van der Waals surface area (Å²) in [6, 6.07) is 4.10. The first-order chi connectivity index (χ1) is 6.68. The van der Waals surface area contributed by atoms with E-state index in [9.17, 15) is 9.90 Å². The van der Waals surface area contributed by atoms with Gasteiger partial charge in [0.1, 0.15) is 0 Å². The maximum atomic E-state index is 11.4. The molecule has 0 saturated carbocycles. The molecule has 14 heavy (non-hydrogen) atoms. The number of Topliss-reactive ketones (excluding diaryl/α,β-unsaturated/α-hetero) is 1. The number of carbonyl (C=O) groups is 1. The molecule has 0 spiro atoms. The van der Waals surface area contributed by atoms with E-state index in [2.05, 4.69) is 5.32 Å². The summed E-state index contributed by atoms with van der Waals surface area (Å²) in [5, 5.41) is 21.4. The summed E-state index contributed by atoms with van der Waals surface area (Å²) >= 11 is 0. The molecule has 1 unspecified atom stereocenters. The molecule has 1 heterocycles. The Bertz CT molecular complexity index is 376. The van der Waals surface area contributed by atoms with Crippen molar-refractivity contribution in [3.63, 3.8) is 0 Å². The second kappa shape index (κ2) is 3.31. The minimum absolute atomic E-state index is 0.120. The molecule has 0 bridgehead atoms. The number of carbonyl (C=O) groups excluding carboxylic acids is 1. The Balaban J connectivity index is 2.32. The third-order valence-corrected chi connectivity index (χ3v) is 2.37. The largest absolute Gasteiger partial charge is 0.504 e. The molecule has 1 aliphatic heterocycles. The van der Waals surface area contributed by atoms with Crippen molar-refractivity contribution in [2.24, 2.45) is 0 Å². The maximum absolute atomic E-state index is 11.4. The van der Waals surface area contributed by atoms with E-state index >= 15 is 0 Å². The summed E-state index contributed by atoms with van der Waals surface area (Å²) in [5.74, 6) is -0.238. The molecule has 3 N–H and O–H groups in total. The van der Waals surface area contributed by atoms with Crippen molar-refractivity contribution >= 4 is 5.78 Å². The maximum Gasteiger partial charge on any atom is 0.157 e. The highest BCUT2D eigenvalue weighted by molar-refractivity contribution is 5.87. The van der Waals surface area contributed by atoms with Crippen LogP contribution in [0.5, 0.6) is 11.5 Å². The van der Waals surface area contributed by atoms with Gasteiger partial charge in [0.15, 0.2) is 17.3 Å². The Morgan fingerprint density at radius 1 is 1.29 bits per heavy atom. The normalized spacial score (nSPS) is 21.4. The summed E-state index contributed by atoms with van der Waals surface area (Å²) in [5.41, 5.74) is 0.697. The van der Waals surface area contributed by atoms with Crippen LogP contribution in [-0.4, -0.2) is 22.5 Å². The third kappa shape index (κ3) is 1.44. The van der Waals surface area contributed by atoms with Gasteiger partial charge in [0, 0.05) is 13.0 Å². The molecular formula is C10H11NO3. The minimum Gasteiger partial charge on any atom is -0.504 e. The number of hydrogen-bond donors (Lipinski definition) is 3. The second-order valence-corrected chi connectivity index (χ2v) is 3.35. The standard InChI is InChI=1S/C10H11NO3/c12-7-2-1-6(5-9(7)14)10-8(13)3-4-11-10/h1-2,5,10-12,14H,3-4H2. The van der Waals surface area contributed by atoms with Crippen LogP contribution in [0.15, 0.2) is 18.2 Å². The fourth-order valence-electron chi connectivity index (χ4n) is 1.62. The Labute approximate surface area is 81.2 Å². The van der Waals surface area contributed by atoms with Crippen LogP contribution in [0.25, 0.3) is 0 Å². The van der Waals surface area contributed by atoms with E-state index < -0.39 is 0 Å². The van der Waals surface area contributed by atoms with Crippen LogP contribution in [0, 0.1) is 0 Å². The van der Waals surface area contributed by atoms with Crippen molar-refractivity contribution in [3.05, 3.63) is 23.8 Å². The van der Waals surface area contributed by atoms with E-state index in [1.54, 1.807) is 6.07 Å². The van der Waals surface area contributed by atoms with Gasteiger partial charge in [-0.15, -0.1) is 0 Å². The molecule has 1 aromatic rings. The minimum atomic E-state index is -0.332. The molecule has 74 valence electrons. The van der Waals surface area contributed by atoms with Crippen molar-refractivity contribution in [2.75, 3.05) is 6.54 Å². The SMILES string of the molecule is O=C1CCNC1c1ccc(O)c(O)c1. The van der Waals surface area contributed by atoms with Gasteiger partial charge in [-0.1, -0.05) is 6.07 Å². The zero-order valence-electron chi connectivity index (χ0n) is 7.53. The lowest BCUT2D eigenvalue weighted by molar-refractivity contribution is -0.118. The average molecular weight is 193 g/mol. The van der Waals surface area contributed by atoms with Crippen molar-refractivity contribution in [2.45, 2.75) is 12.5 Å². The molecule has 2 rings (SSSR count). The topological polar surface area (TPSA) is 69.6 Å². The van der Waals surface area contributed by atoms with E-state index in [1.807, 2.05) is 0 Å². The fraction of sp³-hybridized carbons (Fsp3) is 0.300. The van der Waals surface area contributed by atoms with Gasteiger partial charge in [-0.25, -0.2) is 0 Å². The Kier molecular flexibility index (Phi) is 2.13. The van der Waals surface area contributed by atoms with Crippen LogP contribution in [-0.2, 0) is 4.79 Å². The van der Waals surface area contributed by atoms with Crippen molar-refractivity contribution < 1.29 is 15.0 Å². The van der Waals surface area contributed by atoms with Gasteiger partial charge < -0.3 is 15.5 Å². The third-order valence-electron chi connectivity index (χ3n) is 2.37. The highest BCUT2D eigenvalue weighted by Gasteiger charge is 2.25. The zero-order valence-corrected chi connectivity index (χ0v) is 7.53. The monoisotopic (exact) mass is 193 g/mol. The average Bonchev–Trinajstić information content (AvgIpc) is 2.57. The quantitative estimate of drug-likeness (QED) is 0.574. The van der Waals surface area contributed by atoms with E-state index in [0.29, 0.717) is 18.5 Å². The van der Waals surface area contributed by atoms with E-state index in [-0.39, 0.29) is 23.3 Å². The van der Waals surface area contributed by atoms with Crippen LogP contribution in [0.3, 0.4) is 0 Å². The molecule has 1 aromatic carbocycles. The Hall–Kier alpha value is -1.55. The van der Waals surface area contributed by atoms with Crippen LogP contribution in [0.4, 0.5) is 0 Å². The molecule has 0 amide bonds. The van der Waals surface area contributed by atoms with Gasteiger partial charge >= 0.3 is 0 Å². The molecule has 0 radical (unpaired) electrons. The summed E-state index contributed by atoms with van der Waals surface area (Å²) in [7, 11) is 0. The molecular weight excluding hydrogens is 182 g/mol. The highest BCUT2D eigenvalue weighted by Crippen LogP contribution is 2.29. The fourth-order valence-corrected chi connectivity index (χ4v) is 1.62. The van der Waals surface area contributed by atoms with Crippen LogP contribution in [0.1, 0.15) is 18.0 Å². The predicted molar refractivity (Wildman–Crippen MR) is 50.1 cm³/mol. The lowest BCUT2D eigenvalue weighted by Crippen LogP contribution is -2.17. The van der Waals surface area contributed by atoms with E-state index in [0.717, 1.165) is 0 Å². The summed E-state index contributed by atoms with van der Waals surface area (Å²) in [4.78, 5) is 11.4. The number of hydrogen-bond acceptors (Lipinski definition) is 4. The summed E-state index contributed by atoms with van der Waals surface area (Å²) < 4.78 is 0. The van der Waals surface area contributed by atoms with Crippen molar-refractivity contribution in [1.29, 1.82) is 0 Å². The lowest BCUT2D eigenvalue weighted by atomic mass is 10.0. The molecule has 1 fully saturated rings. The van der Waals surface area contributed by atoms with Crippen molar-refractivity contribution in [1.82, 2.24) is 5.32 Å². The molecule has 1 aliphatic rings. The number of benzene rings is 1. The van der Waals surface area contributed by atoms with Crippen molar-refractivity contribution in [3.8, 4) is 11.5 Å². The molecule has 0 aromatic heterocycles. The van der Waals surface area contributed by atoms with Crippen LogP contribution < -0.4 is 5.32 Å². The number of nitrogens with one attached hydrogen (secondary N) is 1. The van der Waals surface area contributed by atoms with Gasteiger partial charge in [-0.2, -0.15) is 0 Å². The first-order valence-corrected chi connectivity index (χ1v) is 4.46. The van der Waals surface area contributed by atoms with E-state index in [4.69, 9.17) is 5.11 Å². The number of phenols is 2. The lowest BCUT2D eigenvalue weighted by Gasteiger charge is -2.09. The second-order valence-electron chi connectivity index (χ2n) is 3.35. The van der Waals surface area contributed by atoms with Crippen LogP contribution in [0.2, 0.25) is 0 Å². The Morgan fingerprint density at radius 2 is 2.07 bits per heavy atom. The molecule has 1 atom stereocenters. The first kappa shape index (κ1) is 9.02. The molecule has 4 heteroatoms. The summed E-state index contributed by atoms with van der Waals surface area (Å²) in [6.45, 7) is 0.672. The smallest absolute Gasteiger partial charge is 0.157 e. The number of ketones is 1. The zero-order chi connectivity index (χ0) is 10.1. The first-order valence-electron chi connectivity index (χ1n) is 4.46. The Morgan fingerprint density at radius 3 is 2.64 bits per heavy atom. The summed E-state index contributed by atoms with van der Waals surface area (Å²) in [6.07, 6.45) is 0.520. The predicted octanol–water partition coefficient (Wildman–Crippen LogP) is 0.701. The van der Waals surface area contributed by atoms with Gasteiger partial charge in [0.25, 0.3) is 0 Å². The van der Waals surface area contributed by atoms with E-state index in [1.165, 1.54) is 12.1 Å². The van der Waals surface area contributed by atoms with Gasteiger partial charge in [0.05, 0.1) is 6.04 Å². The number of phenolic OH excluding ortho intramolecular Hbond substituents is 2. The molecule has 1 saturated heterocycles. The number of rotatable bonds is 1. The van der Waals surface area contributed by atoms with Gasteiger partial charge in [-0.05, 0) is 17.7 Å².